The van der Waals surface area contributed by atoms with Crippen LogP contribution in [0.3, 0.4) is 0 Å². The summed E-state index contributed by atoms with van der Waals surface area (Å²) in [5, 5.41) is 4.21. The van der Waals surface area contributed by atoms with Crippen LogP contribution in [0.5, 0.6) is 0 Å². The van der Waals surface area contributed by atoms with E-state index in [1.54, 1.807) is 10.8 Å². The number of pyridine rings is 1. The number of hydrogen-bond acceptors (Lipinski definition) is 7. The maximum atomic E-state index is 12.9. The molecular formula is C31H35N5O3S. The van der Waals surface area contributed by atoms with E-state index in [9.17, 15) is 13.2 Å². The molecule has 208 valence electrons. The van der Waals surface area contributed by atoms with Crippen LogP contribution in [0, 0.1) is 6.92 Å². The van der Waals surface area contributed by atoms with E-state index in [2.05, 4.69) is 68.7 Å². The summed E-state index contributed by atoms with van der Waals surface area (Å²) >= 11 is 0. The van der Waals surface area contributed by atoms with Crippen LogP contribution >= 0.6 is 0 Å². The van der Waals surface area contributed by atoms with Gasteiger partial charge in [-0.3, -0.25) is 9.69 Å². The van der Waals surface area contributed by atoms with E-state index in [-0.39, 0.29) is 23.1 Å². The third-order valence-corrected chi connectivity index (χ3v) is 9.84. The van der Waals surface area contributed by atoms with Crippen molar-refractivity contribution in [2.45, 2.75) is 51.7 Å². The van der Waals surface area contributed by atoms with Crippen LogP contribution in [0.25, 0.3) is 22.0 Å². The molecule has 2 saturated heterocycles. The van der Waals surface area contributed by atoms with Crippen LogP contribution < -0.4 is 10.9 Å². The van der Waals surface area contributed by atoms with Gasteiger partial charge >= 0.3 is 0 Å². The Morgan fingerprint density at radius 2 is 1.70 bits per heavy atom. The van der Waals surface area contributed by atoms with Crippen molar-refractivity contribution in [3.05, 3.63) is 88.1 Å². The number of likely N-dealkylation sites (tertiary alicyclic amines) is 1. The molecule has 4 aromatic rings. The molecule has 40 heavy (non-hydrogen) atoms. The monoisotopic (exact) mass is 557 g/mol. The average molecular weight is 558 g/mol. The van der Waals surface area contributed by atoms with Crippen LogP contribution in [0.4, 0.5) is 5.82 Å². The van der Waals surface area contributed by atoms with Gasteiger partial charge in [0.05, 0.1) is 22.4 Å². The first-order valence-electron chi connectivity index (χ1n) is 14.1. The fraction of sp³-hybridized carbons (Fsp3) is 0.387. The number of aromatic nitrogens is 3. The molecule has 0 bridgehead atoms. The van der Waals surface area contributed by atoms with Crippen molar-refractivity contribution >= 4 is 26.6 Å². The van der Waals surface area contributed by atoms with Crippen LogP contribution in [0.15, 0.2) is 65.6 Å². The predicted octanol–water partition coefficient (Wildman–Crippen LogP) is 4.72. The molecule has 0 radical (unpaired) electrons. The van der Waals surface area contributed by atoms with Gasteiger partial charge in [0.2, 0.25) is 0 Å². The van der Waals surface area contributed by atoms with Crippen molar-refractivity contribution < 1.29 is 8.42 Å². The molecule has 2 aliphatic rings. The number of fused-ring (bicyclic) bond motifs is 1. The summed E-state index contributed by atoms with van der Waals surface area (Å²) in [5.74, 6) is 1.47. The van der Waals surface area contributed by atoms with Crippen LogP contribution in [-0.4, -0.2) is 52.4 Å². The zero-order valence-corrected chi connectivity index (χ0v) is 23.7. The molecule has 2 aromatic carbocycles. The Morgan fingerprint density at radius 3 is 2.45 bits per heavy atom. The predicted molar refractivity (Wildman–Crippen MR) is 159 cm³/mol. The zero-order chi connectivity index (χ0) is 27.7. The van der Waals surface area contributed by atoms with Crippen LogP contribution in [0.2, 0.25) is 0 Å². The molecule has 0 atom stereocenters. The van der Waals surface area contributed by atoms with Gasteiger partial charge in [-0.15, -0.1) is 0 Å². The lowest BCUT2D eigenvalue weighted by atomic mass is 9.98. The van der Waals surface area contributed by atoms with Gasteiger partial charge in [-0.2, -0.15) is 0 Å². The Labute approximate surface area is 235 Å². The Balaban J connectivity index is 1.21. The molecule has 9 heteroatoms. The number of hydrogen-bond donors (Lipinski definition) is 1. The lowest BCUT2D eigenvalue weighted by Crippen LogP contribution is -2.31. The highest BCUT2D eigenvalue weighted by Crippen LogP contribution is 2.28. The number of nitrogens with one attached hydrogen (secondary N) is 1. The SMILES string of the molecule is Cc1nc(NCc2ccc(-c3ccccc3CN3CCCC3)cc2)c2cn(C3CCS(=O)(=O)CC3)c(=O)cc2n1. The number of anilines is 1. The largest absolute Gasteiger partial charge is 0.365 e. The summed E-state index contributed by atoms with van der Waals surface area (Å²) in [4.78, 5) is 24.6. The van der Waals surface area contributed by atoms with E-state index >= 15 is 0 Å². The fourth-order valence-corrected chi connectivity index (χ4v) is 7.39. The summed E-state index contributed by atoms with van der Waals surface area (Å²) in [6.45, 7) is 5.73. The van der Waals surface area contributed by atoms with Gasteiger partial charge in [0.25, 0.3) is 5.56 Å². The number of sulfone groups is 1. The number of benzene rings is 2. The van der Waals surface area contributed by atoms with Gasteiger partial charge in [-0.25, -0.2) is 18.4 Å². The second-order valence-electron chi connectivity index (χ2n) is 11.0. The molecule has 2 fully saturated rings. The van der Waals surface area contributed by atoms with Crippen molar-refractivity contribution in [2.75, 3.05) is 29.9 Å². The molecule has 2 aromatic heterocycles. The molecular weight excluding hydrogens is 522 g/mol. The summed E-state index contributed by atoms with van der Waals surface area (Å²) in [7, 11) is -3.02. The smallest absolute Gasteiger partial charge is 0.252 e. The summed E-state index contributed by atoms with van der Waals surface area (Å²) < 4.78 is 25.5. The molecule has 8 nitrogen and oxygen atoms in total. The molecule has 0 saturated carbocycles. The first kappa shape index (κ1) is 26.7. The lowest BCUT2D eigenvalue weighted by molar-refractivity contribution is 0.332. The van der Waals surface area contributed by atoms with Crippen molar-refractivity contribution in [1.29, 1.82) is 0 Å². The van der Waals surface area contributed by atoms with E-state index in [4.69, 9.17) is 0 Å². The third-order valence-electron chi connectivity index (χ3n) is 8.12. The lowest BCUT2D eigenvalue weighted by Gasteiger charge is -2.24. The molecule has 0 amide bonds. The number of aryl methyl sites for hydroxylation is 1. The normalized spacial score (nSPS) is 17.8. The highest BCUT2D eigenvalue weighted by atomic mass is 32.2. The molecule has 4 heterocycles. The zero-order valence-electron chi connectivity index (χ0n) is 22.8. The summed E-state index contributed by atoms with van der Waals surface area (Å²) in [5.41, 5.74) is 5.39. The number of nitrogens with zero attached hydrogens (tertiary/aromatic N) is 4. The highest BCUT2D eigenvalue weighted by Gasteiger charge is 2.26. The average Bonchev–Trinajstić information content (AvgIpc) is 3.45. The van der Waals surface area contributed by atoms with Gasteiger partial charge in [0.1, 0.15) is 21.5 Å². The van der Waals surface area contributed by atoms with E-state index < -0.39 is 9.84 Å². The Bertz CT molecular complexity index is 1680. The van der Waals surface area contributed by atoms with Gasteiger partial charge in [0, 0.05) is 31.4 Å². The van der Waals surface area contributed by atoms with Crippen molar-refractivity contribution in [3.63, 3.8) is 0 Å². The molecule has 1 N–H and O–H groups in total. The van der Waals surface area contributed by atoms with Crippen LogP contribution in [0.1, 0.15) is 48.7 Å². The van der Waals surface area contributed by atoms with E-state index in [1.165, 1.54) is 48.7 Å². The van der Waals surface area contributed by atoms with Gasteiger partial charge in [-0.1, -0.05) is 48.5 Å². The van der Waals surface area contributed by atoms with Crippen molar-refractivity contribution in [1.82, 2.24) is 19.4 Å². The molecule has 0 unspecified atom stereocenters. The van der Waals surface area contributed by atoms with E-state index in [0.717, 1.165) is 17.5 Å². The number of rotatable bonds is 7. The second-order valence-corrected chi connectivity index (χ2v) is 13.3. The summed E-state index contributed by atoms with van der Waals surface area (Å²) in [6.07, 6.45) is 5.25. The Hall–Kier alpha value is -3.56. The molecule has 0 spiro atoms. The van der Waals surface area contributed by atoms with Gasteiger partial charge < -0.3 is 9.88 Å². The standard InChI is InChI=1S/C31H35N5O3S/c1-22-33-29-18-30(37)36(26-12-16-40(38,39)17-13-26)21-28(29)31(34-22)32-19-23-8-10-24(11-9-23)27-7-3-2-6-25(27)20-35-14-4-5-15-35/h2-3,6-11,18,21,26H,4-5,12-17,19-20H2,1H3,(H,32,33,34). The molecule has 0 aliphatic carbocycles. The van der Waals surface area contributed by atoms with Crippen LogP contribution in [-0.2, 0) is 22.9 Å². The first-order chi connectivity index (χ1) is 19.3. The Kier molecular flexibility index (Phi) is 7.42. The van der Waals surface area contributed by atoms with Crippen molar-refractivity contribution in [3.8, 4) is 11.1 Å². The minimum Gasteiger partial charge on any atom is -0.365 e. The maximum absolute atomic E-state index is 12.9. The fourth-order valence-electron chi connectivity index (χ4n) is 5.92. The quantitative estimate of drug-likeness (QED) is 0.351. The van der Waals surface area contributed by atoms with Crippen molar-refractivity contribution in [2.24, 2.45) is 0 Å². The molecule has 2 aliphatic heterocycles. The van der Waals surface area contributed by atoms with E-state index in [1.807, 2.05) is 6.92 Å². The minimum absolute atomic E-state index is 0.108. The third kappa shape index (κ3) is 5.81. The summed E-state index contributed by atoms with van der Waals surface area (Å²) in [6, 6.07) is 18.7. The van der Waals surface area contributed by atoms with Gasteiger partial charge in [0.15, 0.2) is 0 Å². The second kappa shape index (κ2) is 11.1. The topological polar surface area (TPSA) is 97.2 Å². The van der Waals surface area contributed by atoms with E-state index in [0.29, 0.717) is 36.5 Å². The first-order valence-corrected chi connectivity index (χ1v) is 15.9. The maximum Gasteiger partial charge on any atom is 0.252 e. The highest BCUT2D eigenvalue weighted by molar-refractivity contribution is 7.91. The van der Waals surface area contributed by atoms with Gasteiger partial charge in [-0.05, 0) is 68.0 Å². The minimum atomic E-state index is -3.02. The molecule has 6 rings (SSSR count). The Morgan fingerprint density at radius 1 is 0.975 bits per heavy atom.